The molecule has 1 saturated heterocycles. The molecule has 0 radical (unpaired) electrons. The summed E-state index contributed by atoms with van der Waals surface area (Å²) in [4.78, 5) is 6.04. The Bertz CT molecular complexity index is 820. The summed E-state index contributed by atoms with van der Waals surface area (Å²) in [7, 11) is 0. The number of aryl methyl sites for hydroxylation is 1. The Kier molecular flexibility index (Phi) is 5.60. The molecule has 0 amide bonds. The van der Waals surface area contributed by atoms with Crippen molar-refractivity contribution in [2.24, 2.45) is 11.3 Å². The highest BCUT2D eigenvalue weighted by Gasteiger charge is 2.46. The Balaban J connectivity index is 1.51. The molecule has 29 heavy (non-hydrogen) atoms. The maximum absolute atomic E-state index is 13.2. The van der Waals surface area contributed by atoms with Gasteiger partial charge in [-0.3, -0.25) is 0 Å². The molecule has 2 atom stereocenters. The molecule has 0 spiro atoms. The van der Waals surface area contributed by atoms with Gasteiger partial charge in [0.15, 0.2) is 5.69 Å². The number of unbranched alkanes of at least 4 members (excludes halogenated alkanes) is 1. The van der Waals surface area contributed by atoms with Gasteiger partial charge >= 0.3 is 6.18 Å². The van der Waals surface area contributed by atoms with Crippen molar-refractivity contribution in [1.82, 2.24) is 14.8 Å². The van der Waals surface area contributed by atoms with E-state index in [1.807, 2.05) is 18.1 Å². The van der Waals surface area contributed by atoms with Crippen LogP contribution in [-0.2, 0) is 19.1 Å². The summed E-state index contributed by atoms with van der Waals surface area (Å²) in [6, 6.07) is 11.5. The van der Waals surface area contributed by atoms with Gasteiger partial charge < -0.3 is 4.84 Å². The number of aromatic nitrogens is 2. The van der Waals surface area contributed by atoms with E-state index in [9.17, 15) is 13.2 Å². The third-order valence-electron chi connectivity index (χ3n) is 6.18. The molecule has 1 aromatic heterocycles. The average molecular weight is 407 g/mol. The first kappa shape index (κ1) is 20.3. The number of hydrogen-bond donors (Lipinski definition) is 0. The first-order valence-electron chi connectivity index (χ1n) is 10.5. The largest absolute Gasteiger partial charge is 0.435 e. The molecule has 7 heteroatoms. The molecule has 0 N–H and O–H groups in total. The first-order valence-corrected chi connectivity index (χ1v) is 10.5. The van der Waals surface area contributed by atoms with Crippen LogP contribution >= 0.6 is 0 Å². The predicted octanol–water partition coefficient (Wildman–Crippen LogP) is 5.34. The minimum Gasteiger partial charge on any atom is -0.386 e. The van der Waals surface area contributed by atoms with Crippen LogP contribution in [0, 0.1) is 11.3 Å². The Morgan fingerprint density at radius 2 is 2.03 bits per heavy atom. The van der Waals surface area contributed by atoms with Gasteiger partial charge in [0.1, 0.15) is 0 Å². The molecular formula is C22H28F3N3O. The van der Waals surface area contributed by atoms with Crippen molar-refractivity contribution in [2.75, 3.05) is 13.1 Å². The normalized spacial score (nSPS) is 24.8. The third kappa shape index (κ3) is 4.60. The molecule has 2 heterocycles. The van der Waals surface area contributed by atoms with Gasteiger partial charge in [-0.05, 0) is 49.0 Å². The fraction of sp³-hybridized carbons (Fsp3) is 0.591. The number of rotatable bonds is 7. The SMILES string of the molecule is CCCCn1nc(C(F)(F)F)cc1ON1CC2CCC(Cc3ccccc3)(C2)C1. The molecule has 1 aliphatic heterocycles. The number of hydrogen-bond acceptors (Lipinski definition) is 3. The maximum Gasteiger partial charge on any atom is 0.435 e. The number of halogens is 3. The summed E-state index contributed by atoms with van der Waals surface area (Å²) in [6.45, 7) is 3.92. The number of hydroxylamine groups is 2. The molecule has 2 fully saturated rings. The number of fused-ring (bicyclic) bond motifs is 2. The van der Waals surface area contributed by atoms with Gasteiger partial charge in [-0.25, -0.2) is 4.68 Å². The lowest BCUT2D eigenvalue weighted by Crippen LogP contribution is -2.45. The van der Waals surface area contributed by atoms with Gasteiger partial charge in [0.2, 0.25) is 5.88 Å². The predicted molar refractivity (Wildman–Crippen MR) is 104 cm³/mol. The molecule has 158 valence electrons. The minimum atomic E-state index is -4.47. The minimum absolute atomic E-state index is 0.130. The van der Waals surface area contributed by atoms with E-state index in [2.05, 4.69) is 29.4 Å². The van der Waals surface area contributed by atoms with E-state index in [4.69, 9.17) is 4.84 Å². The number of piperidine rings is 1. The Labute approximate surface area is 169 Å². The van der Waals surface area contributed by atoms with Crippen LogP contribution in [0.2, 0.25) is 0 Å². The van der Waals surface area contributed by atoms with Crippen LogP contribution in [0.5, 0.6) is 5.88 Å². The van der Waals surface area contributed by atoms with Gasteiger partial charge in [0.05, 0.1) is 0 Å². The van der Waals surface area contributed by atoms with Crippen LogP contribution in [0.15, 0.2) is 36.4 Å². The van der Waals surface area contributed by atoms with Gasteiger partial charge in [-0.2, -0.15) is 18.3 Å². The molecule has 2 unspecified atom stereocenters. The summed E-state index contributed by atoms with van der Waals surface area (Å²) in [5.41, 5.74) is 0.552. The quantitative estimate of drug-likeness (QED) is 0.621. The lowest BCUT2D eigenvalue weighted by molar-refractivity contribution is -0.141. The van der Waals surface area contributed by atoms with E-state index in [0.29, 0.717) is 12.5 Å². The van der Waals surface area contributed by atoms with Crippen molar-refractivity contribution < 1.29 is 18.0 Å². The van der Waals surface area contributed by atoms with Crippen LogP contribution in [0.25, 0.3) is 0 Å². The standard InChI is InChI=1S/C22H28F3N3O/c1-2-3-11-28-20(12-19(26-28)22(23,24)25)29-27-15-18-9-10-21(14-18,16-27)13-17-7-5-4-6-8-17/h4-8,12,18H,2-3,9-11,13-16H2,1H3. The first-order chi connectivity index (χ1) is 13.9. The highest BCUT2D eigenvalue weighted by atomic mass is 19.4. The van der Waals surface area contributed by atoms with Crippen LogP contribution in [0.1, 0.15) is 50.3 Å². The van der Waals surface area contributed by atoms with E-state index in [1.165, 1.54) is 10.2 Å². The topological polar surface area (TPSA) is 30.3 Å². The molecule has 1 aromatic carbocycles. The lowest BCUT2D eigenvalue weighted by atomic mass is 9.77. The maximum atomic E-state index is 13.2. The van der Waals surface area contributed by atoms with E-state index < -0.39 is 11.9 Å². The van der Waals surface area contributed by atoms with Crippen LogP contribution < -0.4 is 4.84 Å². The fourth-order valence-electron chi connectivity index (χ4n) is 4.88. The van der Waals surface area contributed by atoms with Crippen molar-refractivity contribution in [2.45, 2.75) is 58.2 Å². The number of alkyl halides is 3. The van der Waals surface area contributed by atoms with Crippen molar-refractivity contribution in [3.05, 3.63) is 47.7 Å². The lowest BCUT2D eigenvalue weighted by Gasteiger charge is -2.39. The van der Waals surface area contributed by atoms with Crippen molar-refractivity contribution in [1.29, 1.82) is 0 Å². The highest BCUT2D eigenvalue weighted by Crippen LogP contribution is 2.48. The van der Waals surface area contributed by atoms with Crippen LogP contribution in [-0.4, -0.2) is 27.9 Å². The zero-order chi connectivity index (χ0) is 20.5. The number of nitrogens with zero attached hydrogens (tertiary/aromatic N) is 3. The monoisotopic (exact) mass is 407 g/mol. The van der Waals surface area contributed by atoms with E-state index in [1.54, 1.807) is 0 Å². The van der Waals surface area contributed by atoms with Gasteiger partial charge in [-0.1, -0.05) is 43.7 Å². The Morgan fingerprint density at radius 1 is 1.24 bits per heavy atom. The molecule has 2 aliphatic rings. The summed E-state index contributed by atoms with van der Waals surface area (Å²) in [6.07, 6.45) is 1.59. The Hall–Kier alpha value is -2.02. The van der Waals surface area contributed by atoms with Crippen LogP contribution in [0.3, 0.4) is 0 Å². The van der Waals surface area contributed by atoms with Crippen LogP contribution in [0.4, 0.5) is 13.2 Å². The second-order valence-corrected chi connectivity index (χ2v) is 8.63. The van der Waals surface area contributed by atoms with E-state index >= 15 is 0 Å². The van der Waals surface area contributed by atoms with Gasteiger partial charge in [-0.15, -0.1) is 5.06 Å². The molecule has 1 saturated carbocycles. The summed E-state index contributed by atoms with van der Waals surface area (Å²) >= 11 is 0. The van der Waals surface area contributed by atoms with Gasteiger partial charge in [0.25, 0.3) is 0 Å². The third-order valence-corrected chi connectivity index (χ3v) is 6.18. The second-order valence-electron chi connectivity index (χ2n) is 8.63. The summed E-state index contributed by atoms with van der Waals surface area (Å²) in [5, 5.41) is 5.64. The van der Waals surface area contributed by atoms with Crippen molar-refractivity contribution >= 4 is 0 Å². The smallest absolute Gasteiger partial charge is 0.386 e. The van der Waals surface area contributed by atoms with Crippen molar-refractivity contribution in [3.63, 3.8) is 0 Å². The zero-order valence-electron chi connectivity index (χ0n) is 16.8. The highest BCUT2D eigenvalue weighted by molar-refractivity contribution is 5.20. The zero-order valence-corrected chi connectivity index (χ0v) is 16.8. The Morgan fingerprint density at radius 3 is 2.76 bits per heavy atom. The second kappa shape index (κ2) is 8.01. The summed E-state index contributed by atoms with van der Waals surface area (Å²) < 4.78 is 40.9. The van der Waals surface area contributed by atoms with Gasteiger partial charge in [0, 0.05) is 25.7 Å². The van der Waals surface area contributed by atoms with E-state index in [0.717, 1.165) is 57.7 Å². The molecule has 2 aromatic rings. The molecule has 2 bridgehead atoms. The average Bonchev–Trinajstić information content (AvgIpc) is 3.21. The fourth-order valence-corrected chi connectivity index (χ4v) is 4.88. The molecule has 1 aliphatic carbocycles. The molecule has 4 rings (SSSR count). The molecule has 4 nitrogen and oxygen atoms in total. The number of benzene rings is 1. The van der Waals surface area contributed by atoms with Crippen molar-refractivity contribution in [3.8, 4) is 5.88 Å². The summed E-state index contributed by atoms with van der Waals surface area (Å²) in [5.74, 6) is 0.725. The molecular weight excluding hydrogens is 379 g/mol. The van der Waals surface area contributed by atoms with E-state index in [-0.39, 0.29) is 11.3 Å².